The monoisotopic (exact) mass is 347 g/mol. The van der Waals surface area contributed by atoms with Crippen molar-refractivity contribution in [2.75, 3.05) is 13.2 Å². The minimum atomic E-state index is -0.0571. The number of nitrogens with one attached hydrogen (secondary N) is 1. The summed E-state index contributed by atoms with van der Waals surface area (Å²) in [5.41, 5.74) is 1.36. The number of hydrogen-bond donors (Lipinski definition) is 1. The van der Waals surface area contributed by atoms with Gasteiger partial charge in [0.05, 0.1) is 4.88 Å². The van der Waals surface area contributed by atoms with Crippen LogP contribution in [-0.4, -0.2) is 29.2 Å². The topological polar surface area (TPSA) is 77.2 Å². The van der Waals surface area contributed by atoms with Gasteiger partial charge in [0.15, 0.2) is 5.82 Å². The first-order valence-electron chi connectivity index (χ1n) is 8.63. The first kappa shape index (κ1) is 15.8. The van der Waals surface area contributed by atoms with E-state index in [2.05, 4.69) is 21.5 Å². The Kier molecular flexibility index (Phi) is 4.62. The molecule has 128 valence electrons. The largest absolute Gasteiger partial charge is 0.368 e. The van der Waals surface area contributed by atoms with E-state index in [1.54, 1.807) is 11.3 Å². The van der Waals surface area contributed by atoms with E-state index in [1.807, 2.05) is 0 Å². The smallest absolute Gasteiger partial charge is 0.261 e. The summed E-state index contributed by atoms with van der Waals surface area (Å²) in [7, 11) is 0. The maximum Gasteiger partial charge on any atom is 0.261 e. The molecule has 0 unspecified atom stereocenters. The van der Waals surface area contributed by atoms with Crippen molar-refractivity contribution < 1.29 is 14.1 Å². The fourth-order valence-electron chi connectivity index (χ4n) is 3.25. The van der Waals surface area contributed by atoms with Crippen LogP contribution in [-0.2, 0) is 24.0 Å². The molecule has 1 fully saturated rings. The van der Waals surface area contributed by atoms with Crippen LogP contribution in [0.5, 0.6) is 0 Å². The second kappa shape index (κ2) is 7.03. The molecule has 0 bridgehead atoms. The molecular formula is C17H21N3O3S. The lowest BCUT2D eigenvalue weighted by Gasteiger charge is -2.08. The molecule has 0 spiro atoms. The third-order valence-corrected chi connectivity index (χ3v) is 5.78. The lowest BCUT2D eigenvalue weighted by Crippen LogP contribution is -2.25. The minimum Gasteiger partial charge on any atom is -0.368 e. The van der Waals surface area contributed by atoms with E-state index in [9.17, 15) is 4.79 Å². The highest BCUT2D eigenvalue weighted by atomic mass is 32.1. The minimum absolute atomic E-state index is 0.00255. The van der Waals surface area contributed by atoms with Crippen LogP contribution in [0.4, 0.5) is 0 Å². The molecule has 1 N–H and O–H groups in total. The number of fused-ring (bicyclic) bond motifs is 1. The summed E-state index contributed by atoms with van der Waals surface area (Å²) in [6.07, 6.45) is 7.15. The third kappa shape index (κ3) is 3.37. The summed E-state index contributed by atoms with van der Waals surface area (Å²) in [5.74, 6) is 1.17. The van der Waals surface area contributed by atoms with Gasteiger partial charge in [-0.15, -0.1) is 11.3 Å². The standard InChI is InChI=1S/C17H21N3O3S/c21-16(14-10-11-4-1-2-6-13(11)24-14)18-8-7-15-19-17(23-20-15)12-5-3-9-22-12/h10,12H,1-9H2,(H,18,21)/t12-/m0/s1. The lowest BCUT2D eigenvalue weighted by atomic mass is 9.99. The Morgan fingerprint density at radius 2 is 2.25 bits per heavy atom. The Bertz CT molecular complexity index is 695. The molecule has 7 heteroatoms. The van der Waals surface area contributed by atoms with Crippen molar-refractivity contribution in [3.63, 3.8) is 0 Å². The third-order valence-electron chi connectivity index (χ3n) is 4.54. The highest BCUT2D eigenvalue weighted by molar-refractivity contribution is 7.14. The van der Waals surface area contributed by atoms with Crippen molar-refractivity contribution in [2.24, 2.45) is 0 Å². The van der Waals surface area contributed by atoms with E-state index in [0.717, 1.165) is 37.2 Å². The summed E-state index contributed by atoms with van der Waals surface area (Å²) in [4.78, 5) is 18.8. The molecule has 4 rings (SSSR count). The van der Waals surface area contributed by atoms with Gasteiger partial charge in [-0.2, -0.15) is 4.98 Å². The van der Waals surface area contributed by atoms with Gasteiger partial charge < -0.3 is 14.6 Å². The quantitative estimate of drug-likeness (QED) is 0.900. The summed E-state index contributed by atoms with van der Waals surface area (Å²) in [6, 6.07) is 2.05. The Balaban J connectivity index is 1.29. The average Bonchev–Trinajstić information content (AvgIpc) is 3.33. The molecule has 1 saturated heterocycles. The molecule has 1 amide bonds. The van der Waals surface area contributed by atoms with Crippen LogP contribution in [0.15, 0.2) is 10.6 Å². The second-order valence-electron chi connectivity index (χ2n) is 6.32. The van der Waals surface area contributed by atoms with Crippen LogP contribution in [0, 0.1) is 0 Å². The molecule has 0 saturated carbocycles. The number of aryl methyl sites for hydroxylation is 2. The van der Waals surface area contributed by atoms with Gasteiger partial charge in [-0.05, 0) is 50.2 Å². The summed E-state index contributed by atoms with van der Waals surface area (Å²) >= 11 is 1.63. The van der Waals surface area contributed by atoms with Gasteiger partial charge in [0.2, 0.25) is 0 Å². The molecule has 24 heavy (non-hydrogen) atoms. The molecule has 2 aromatic heterocycles. The van der Waals surface area contributed by atoms with Crippen LogP contribution in [0.2, 0.25) is 0 Å². The van der Waals surface area contributed by atoms with Crippen molar-refractivity contribution in [2.45, 2.75) is 51.0 Å². The van der Waals surface area contributed by atoms with Crippen molar-refractivity contribution in [3.05, 3.63) is 33.1 Å². The van der Waals surface area contributed by atoms with E-state index >= 15 is 0 Å². The van der Waals surface area contributed by atoms with Crippen LogP contribution in [0.3, 0.4) is 0 Å². The highest BCUT2D eigenvalue weighted by Gasteiger charge is 2.23. The zero-order chi connectivity index (χ0) is 16.4. The number of ether oxygens (including phenoxy) is 1. The Morgan fingerprint density at radius 3 is 3.08 bits per heavy atom. The van der Waals surface area contributed by atoms with E-state index in [4.69, 9.17) is 9.26 Å². The van der Waals surface area contributed by atoms with Gasteiger partial charge in [0.1, 0.15) is 6.10 Å². The number of thiophene rings is 1. The molecule has 2 aliphatic rings. The SMILES string of the molecule is O=C(NCCc1noc([C@@H]2CCCO2)n1)c1cc2c(s1)CCCC2. The normalized spacial score (nSPS) is 20.1. The molecule has 6 nitrogen and oxygen atoms in total. The predicted molar refractivity (Wildman–Crippen MR) is 89.2 cm³/mol. The van der Waals surface area contributed by atoms with Crippen LogP contribution in [0.25, 0.3) is 0 Å². The van der Waals surface area contributed by atoms with Gasteiger partial charge in [-0.25, -0.2) is 0 Å². The maximum absolute atomic E-state index is 12.3. The number of rotatable bonds is 5. The zero-order valence-electron chi connectivity index (χ0n) is 13.5. The van der Waals surface area contributed by atoms with Crippen LogP contribution < -0.4 is 5.32 Å². The maximum atomic E-state index is 12.3. The van der Waals surface area contributed by atoms with Crippen molar-refractivity contribution in [1.82, 2.24) is 15.5 Å². The number of hydrogen-bond acceptors (Lipinski definition) is 6. The Labute approximate surface area is 144 Å². The molecular weight excluding hydrogens is 326 g/mol. The molecule has 1 aliphatic carbocycles. The van der Waals surface area contributed by atoms with Crippen molar-refractivity contribution in [1.29, 1.82) is 0 Å². The van der Waals surface area contributed by atoms with Gasteiger partial charge in [-0.1, -0.05) is 5.16 Å². The summed E-state index contributed by atoms with van der Waals surface area (Å²) in [5, 5.41) is 6.92. The number of aromatic nitrogens is 2. The molecule has 0 aromatic carbocycles. The second-order valence-corrected chi connectivity index (χ2v) is 7.46. The number of nitrogens with zero attached hydrogens (tertiary/aromatic N) is 2. The van der Waals surface area contributed by atoms with Gasteiger partial charge in [0.25, 0.3) is 11.8 Å². The fraction of sp³-hybridized carbons (Fsp3) is 0.588. The first-order chi connectivity index (χ1) is 11.8. The summed E-state index contributed by atoms with van der Waals surface area (Å²) < 4.78 is 10.8. The zero-order valence-corrected chi connectivity index (χ0v) is 14.4. The number of amides is 1. The predicted octanol–water partition coefficient (Wildman–Crippen LogP) is 2.83. The van der Waals surface area contributed by atoms with Gasteiger partial charge in [0, 0.05) is 24.4 Å². The molecule has 1 atom stereocenters. The van der Waals surface area contributed by atoms with Gasteiger partial charge in [-0.3, -0.25) is 4.79 Å². The van der Waals surface area contributed by atoms with Crippen LogP contribution >= 0.6 is 11.3 Å². The van der Waals surface area contributed by atoms with Crippen molar-refractivity contribution in [3.8, 4) is 0 Å². The number of carbonyl (C=O) groups is 1. The molecule has 1 aliphatic heterocycles. The van der Waals surface area contributed by atoms with Crippen LogP contribution in [0.1, 0.15) is 63.6 Å². The van der Waals surface area contributed by atoms with E-state index in [0.29, 0.717) is 24.7 Å². The first-order valence-corrected chi connectivity index (χ1v) is 9.45. The fourth-order valence-corrected chi connectivity index (χ4v) is 4.42. The molecule has 3 heterocycles. The lowest BCUT2D eigenvalue weighted by molar-refractivity contribution is 0.0835. The molecule has 0 radical (unpaired) electrons. The summed E-state index contributed by atoms with van der Waals surface area (Å²) in [6.45, 7) is 1.26. The Morgan fingerprint density at radius 1 is 1.33 bits per heavy atom. The average molecular weight is 347 g/mol. The number of carbonyl (C=O) groups excluding carboxylic acids is 1. The van der Waals surface area contributed by atoms with E-state index in [1.165, 1.54) is 23.3 Å². The van der Waals surface area contributed by atoms with E-state index in [-0.39, 0.29) is 12.0 Å². The highest BCUT2D eigenvalue weighted by Crippen LogP contribution is 2.29. The van der Waals surface area contributed by atoms with Gasteiger partial charge >= 0.3 is 0 Å². The Hall–Kier alpha value is -1.73. The van der Waals surface area contributed by atoms with E-state index < -0.39 is 0 Å². The molecule has 2 aromatic rings. The van der Waals surface area contributed by atoms with Crippen molar-refractivity contribution >= 4 is 17.2 Å².